The van der Waals surface area contributed by atoms with Gasteiger partial charge in [0.05, 0.1) is 24.8 Å². The van der Waals surface area contributed by atoms with Crippen LogP contribution in [0.4, 0.5) is 0 Å². The van der Waals surface area contributed by atoms with Crippen molar-refractivity contribution in [2.75, 3.05) is 26.2 Å². The van der Waals surface area contributed by atoms with Crippen molar-refractivity contribution in [2.24, 2.45) is 46.2 Å². The van der Waals surface area contributed by atoms with Gasteiger partial charge in [0.1, 0.15) is 72.7 Å². The molecule has 2 unspecified atom stereocenters. The molecular formula is C33H61N7O15. The number of hydrogen-bond acceptors (Lipinski definition) is 22. The number of carbonyl (C=O) groups excluding carboxylic acids is 1. The molecule has 0 aromatic rings. The molecule has 55 heavy (non-hydrogen) atoms. The van der Waals surface area contributed by atoms with Crippen LogP contribution in [0.25, 0.3) is 0 Å². The number of Topliss-reactive ketones (excluding diaryl/α,β-unsaturated/α-hetero) is 1. The molecule has 6 fully saturated rings. The van der Waals surface area contributed by atoms with E-state index in [4.69, 9.17) is 62.8 Å². The Morgan fingerprint density at radius 2 is 1.24 bits per heavy atom. The van der Waals surface area contributed by atoms with Gasteiger partial charge in [0.25, 0.3) is 0 Å². The molecule has 22 nitrogen and oxygen atoms in total. The van der Waals surface area contributed by atoms with Gasteiger partial charge in [-0.1, -0.05) is 0 Å². The number of nitrogens with two attached hydrogens (primary N) is 6. The van der Waals surface area contributed by atoms with Crippen molar-refractivity contribution in [1.82, 2.24) is 5.32 Å². The van der Waals surface area contributed by atoms with E-state index in [1.807, 2.05) is 0 Å². The molecule has 6 rings (SSSR count). The fourth-order valence-electron chi connectivity index (χ4n) is 8.38. The summed E-state index contributed by atoms with van der Waals surface area (Å²) >= 11 is 0. The van der Waals surface area contributed by atoms with Crippen molar-refractivity contribution in [3.8, 4) is 0 Å². The first-order valence-corrected chi connectivity index (χ1v) is 19.0. The first-order valence-electron chi connectivity index (χ1n) is 19.0. The Morgan fingerprint density at radius 3 is 1.80 bits per heavy atom. The maximum atomic E-state index is 13.1. The summed E-state index contributed by atoms with van der Waals surface area (Å²) in [6.07, 6.45) is -19.5. The minimum atomic E-state index is -1.74. The van der Waals surface area contributed by atoms with Crippen LogP contribution in [-0.2, 0) is 33.2 Å². The van der Waals surface area contributed by atoms with Gasteiger partial charge in [0.2, 0.25) is 0 Å². The second-order valence-electron chi connectivity index (χ2n) is 16.2. The standard InChI is InChI=1S/C33H61N7O15/c34-6-14-22(44)24(46)19(38)30(50-14)54-28-16(9-41)52-32(26(28)48)55-29-21(43)11(4-18(42)33(49)5-17(33)37)3-13(36)27(29)53-31-20(39)25(47)23(45)15(51-31)8-40-7-10-1-12(35)2-10/h10-17,19-32,40-41,43-49H,1-9,34-39H2/t10?,11-,12?,13-,14-,15+,16+,17?,19+,20+,21-,22+,23+,24+,25+,26+,27+,28+,29+,30+,31+,32-,33?/m0/s1. The zero-order valence-corrected chi connectivity index (χ0v) is 30.5. The van der Waals surface area contributed by atoms with Gasteiger partial charge in [-0.25, -0.2) is 0 Å². The lowest BCUT2D eigenvalue weighted by Gasteiger charge is -2.48. The number of nitrogens with one attached hydrogen (secondary N) is 1. The first kappa shape index (κ1) is 43.4. The molecule has 3 saturated heterocycles. The average Bonchev–Trinajstić information content (AvgIpc) is 3.66. The summed E-state index contributed by atoms with van der Waals surface area (Å²) in [4.78, 5) is 13.1. The van der Waals surface area contributed by atoms with Crippen LogP contribution in [0.5, 0.6) is 0 Å². The Balaban J connectivity index is 1.19. The quantitative estimate of drug-likeness (QED) is 0.0731. The van der Waals surface area contributed by atoms with Crippen LogP contribution in [0.1, 0.15) is 32.1 Å². The molecule has 0 aromatic carbocycles. The minimum Gasteiger partial charge on any atom is -0.394 e. The highest BCUT2D eigenvalue weighted by Crippen LogP contribution is 2.41. The van der Waals surface area contributed by atoms with E-state index in [2.05, 4.69) is 5.32 Å². The summed E-state index contributed by atoms with van der Waals surface area (Å²) in [6, 6.07) is -4.18. The third-order valence-corrected chi connectivity index (χ3v) is 12.2. The van der Waals surface area contributed by atoms with Crippen molar-refractivity contribution >= 4 is 5.78 Å². The van der Waals surface area contributed by atoms with E-state index in [9.17, 15) is 45.6 Å². The van der Waals surface area contributed by atoms with Gasteiger partial charge >= 0.3 is 0 Å². The normalized spacial score (nSPS) is 52.8. The maximum absolute atomic E-state index is 13.1. The van der Waals surface area contributed by atoms with Crippen LogP contribution in [0.15, 0.2) is 0 Å². The Morgan fingerprint density at radius 1 is 0.691 bits per heavy atom. The molecule has 0 aromatic heterocycles. The molecule has 0 amide bonds. The van der Waals surface area contributed by atoms with Gasteiger partial charge in [-0.15, -0.1) is 0 Å². The van der Waals surface area contributed by atoms with E-state index >= 15 is 0 Å². The zero-order valence-electron chi connectivity index (χ0n) is 30.5. The predicted molar refractivity (Wildman–Crippen MR) is 186 cm³/mol. The van der Waals surface area contributed by atoms with E-state index in [-0.39, 0.29) is 38.4 Å². The molecule has 0 bridgehead atoms. The summed E-state index contributed by atoms with van der Waals surface area (Å²) in [5.74, 6) is -1.13. The molecule has 318 valence electrons. The molecule has 3 heterocycles. The second-order valence-corrected chi connectivity index (χ2v) is 16.2. The number of rotatable bonds is 15. The number of carbonyl (C=O) groups is 1. The molecule has 22 heteroatoms. The predicted octanol–water partition coefficient (Wildman–Crippen LogP) is -8.82. The highest BCUT2D eigenvalue weighted by Gasteiger charge is 2.59. The number of hydrogen-bond donors (Lipinski definition) is 15. The van der Waals surface area contributed by atoms with Crippen LogP contribution in [0, 0.1) is 11.8 Å². The average molecular weight is 796 g/mol. The fraction of sp³-hybridized carbons (Fsp3) is 0.970. The Kier molecular flexibility index (Phi) is 13.9. The summed E-state index contributed by atoms with van der Waals surface area (Å²) in [7, 11) is 0. The third-order valence-electron chi connectivity index (χ3n) is 12.2. The van der Waals surface area contributed by atoms with Gasteiger partial charge in [0, 0.05) is 44.1 Å². The van der Waals surface area contributed by atoms with Crippen molar-refractivity contribution < 1.29 is 74.1 Å². The van der Waals surface area contributed by atoms with Crippen LogP contribution < -0.4 is 39.7 Å². The topological polar surface area (TPSA) is 402 Å². The first-order chi connectivity index (χ1) is 26.0. The van der Waals surface area contributed by atoms with Crippen LogP contribution in [-0.4, -0.2) is 201 Å². The number of ketones is 1. The molecule has 3 aliphatic carbocycles. The largest absolute Gasteiger partial charge is 0.394 e. The van der Waals surface area contributed by atoms with Crippen molar-refractivity contribution in [1.29, 1.82) is 0 Å². The number of ether oxygens (including phenoxy) is 6. The van der Waals surface area contributed by atoms with Gasteiger partial charge in [-0.2, -0.15) is 0 Å². The summed E-state index contributed by atoms with van der Waals surface area (Å²) in [5, 5.41) is 89.7. The Hall–Kier alpha value is -1.17. The summed E-state index contributed by atoms with van der Waals surface area (Å²) in [6.45, 7) is -0.157. The van der Waals surface area contributed by atoms with E-state index in [0.29, 0.717) is 12.5 Å². The molecule has 21 N–H and O–H groups in total. The lowest BCUT2D eigenvalue weighted by atomic mass is 9.76. The number of aliphatic hydroxyl groups excluding tert-OH is 7. The summed E-state index contributed by atoms with van der Waals surface area (Å²) < 4.78 is 35.9. The molecule has 21 atom stereocenters. The highest BCUT2D eigenvalue weighted by atomic mass is 16.8. The zero-order chi connectivity index (χ0) is 40.1. The lowest BCUT2D eigenvalue weighted by Crippen LogP contribution is -2.67. The van der Waals surface area contributed by atoms with Crippen LogP contribution >= 0.6 is 0 Å². The van der Waals surface area contributed by atoms with E-state index in [1.54, 1.807) is 0 Å². The minimum absolute atomic E-state index is 0.0170. The fourth-order valence-corrected chi connectivity index (χ4v) is 8.38. The monoisotopic (exact) mass is 795 g/mol. The van der Waals surface area contributed by atoms with E-state index in [1.165, 1.54) is 0 Å². The van der Waals surface area contributed by atoms with Crippen molar-refractivity contribution in [3.05, 3.63) is 0 Å². The summed E-state index contributed by atoms with van der Waals surface area (Å²) in [5.41, 5.74) is 34.6. The van der Waals surface area contributed by atoms with E-state index in [0.717, 1.165) is 12.8 Å². The Bertz CT molecular complexity index is 1290. The third kappa shape index (κ3) is 8.90. The smallest absolute Gasteiger partial charge is 0.187 e. The van der Waals surface area contributed by atoms with E-state index < -0.39 is 140 Å². The number of aliphatic hydroxyl groups is 8. The van der Waals surface area contributed by atoms with Crippen LogP contribution in [0.3, 0.4) is 0 Å². The molecule has 6 aliphatic rings. The molecule has 3 aliphatic heterocycles. The van der Waals surface area contributed by atoms with Gasteiger partial charge in [-0.3, -0.25) is 4.79 Å². The maximum Gasteiger partial charge on any atom is 0.187 e. The van der Waals surface area contributed by atoms with Gasteiger partial charge in [-0.05, 0) is 37.6 Å². The highest BCUT2D eigenvalue weighted by molar-refractivity contribution is 5.91. The van der Waals surface area contributed by atoms with Gasteiger partial charge < -0.3 is 109 Å². The molecule has 3 saturated carbocycles. The second kappa shape index (κ2) is 17.6. The van der Waals surface area contributed by atoms with Gasteiger partial charge in [0.15, 0.2) is 24.7 Å². The van der Waals surface area contributed by atoms with Crippen molar-refractivity contribution in [3.63, 3.8) is 0 Å². The SMILES string of the molecule is NC[C@@H]1O[C@H](O[C@H]2[C@@H](O)[C@H](O[C@@H]3[C@@H](O)[C@H](CC(=O)C4(O)CC4N)C[C@H](N)[C@H]3O[C@H]3O[C@H](CNCC4CC(N)C4)[C@@H](O)[C@H](O)[C@H]3N)O[C@@H]2CO)[C@H](N)[C@@H](O)[C@@H]1O. The molecular weight excluding hydrogens is 734 g/mol. The van der Waals surface area contributed by atoms with Crippen LogP contribution in [0.2, 0.25) is 0 Å². The molecule has 0 spiro atoms. The lowest BCUT2D eigenvalue weighted by molar-refractivity contribution is -0.310. The molecule has 0 radical (unpaired) electrons. The Labute approximate surface area is 317 Å². The van der Waals surface area contributed by atoms with Crippen molar-refractivity contribution in [2.45, 2.75) is 160 Å².